The average Bonchev–Trinajstić information content (AvgIpc) is 2.06. The topological polar surface area (TPSA) is 26.3 Å². The van der Waals surface area contributed by atoms with E-state index in [4.69, 9.17) is 4.74 Å². The van der Waals surface area contributed by atoms with Gasteiger partial charge in [-0.2, -0.15) is 0 Å². The molecule has 0 amide bonds. The summed E-state index contributed by atoms with van der Waals surface area (Å²) in [5.41, 5.74) is 0. The second-order valence-electron chi connectivity index (χ2n) is 4.42. The Morgan fingerprint density at radius 1 is 1.15 bits per heavy atom. The highest BCUT2D eigenvalue weighted by Crippen LogP contribution is 2.35. The second kappa shape index (κ2) is 4.12. The Balaban J connectivity index is 2.53. The molecule has 2 heteroatoms. The summed E-state index contributed by atoms with van der Waals surface area (Å²) in [6.07, 6.45) is 2.37. The summed E-state index contributed by atoms with van der Waals surface area (Å²) in [5.74, 6) is 1.80. The Bertz CT molecular complexity index is 189. The van der Waals surface area contributed by atoms with Gasteiger partial charge in [-0.25, -0.2) is 0 Å². The molecule has 0 aromatic rings. The lowest BCUT2D eigenvalue weighted by atomic mass is 9.73. The predicted molar refractivity (Wildman–Crippen MR) is 52.3 cm³/mol. The van der Waals surface area contributed by atoms with Gasteiger partial charge in [-0.3, -0.25) is 4.79 Å². The van der Waals surface area contributed by atoms with Crippen LogP contribution in [0.2, 0.25) is 0 Å². The molecule has 13 heavy (non-hydrogen) atoms. The third-order valence-electron chi connectivity index (χ3n) is 3.54. The lowest BCUT2D eigenvalue weighted by molar-refractivity contribution is -0.152. The van der Waals surface area contributed by atoms with E-state index in [1.165, 1.54) is 13.3 Å². The molecule has 1 rings (SSSR count). The van der Waals surface area contributed by atoms with Crippen LogP contribution in [-0.4, -0.2) is 12.1 Å². The van der Waals surface area contributed by atoms with E-state index < -0.39 is 0 Å². The maximum Gasteiger partial charge on any atom is 0.302 e. The summed E-state index contributed by atoms with van der Waals surface area (Å²) >= 11 is 0. The molecule has 0 N–H and O–H groups in total. The molecule has 4 unspecified atom stereocenters. The quantitative estimate of drug-likeness (QED) is 0.585. The van der Waals surface area contributed by atoms with Gasteiger partial charge < -0.3 is 4.74 Å². The van der Waals surface area contributed by atoms with Crippen molar-refractivity contribution in [2.24, 2.45) is 17.8 Å². The van der Waals surface area contributed by atoms with Gasteiger partial charge in [0, 0.05) is 6.92 Å². The first kappa shape index (κ1) is 10.6. The molecule has 1 aliphatic carbocycles. The van der Waals surface area contributed by atoms with Crippen LogP contribution < -0.4 is 0 Å². The molecule has 0 radical (unpaired) electrons. The maximum atomic E-state index is 10.8. The summed E-state index contributed by atoms with van der Waals surface area (Å²) < 4.78 is 5.28. The summed E-state index contributed by atoms with van der Waals surface area (Å²) in [4.78, 5) is 10.8. The smallest absolute Gasteiger partial charge is 0.302 e. The first-order chi connectivity index (χ1) is 6.02. The van der Waals surface area contributed by atoms with Gasteiger partial charge in [0.2, 0.25) is 0 Å². The van der Waals surface area contributed by atoms with Gasteiger partial charge in [-0.15, -0.1) is 0 Å². The molecule has 1 saturated carbocycles. The van der Waals surface area contributed by atoms with Crippen LogP contribution in [0.15, 0.2) is 0 Å². The van der Waals surface area contributed by atoms with E-state index in [0.29, 0.717) is 11.8 Å². The summed E-state index contributed by atoms with van der Waals surface area (Å²) in [7, 11) is 0. The first-order valence-electron chi connectivity index (χ1n) is 5.19. The number of ether oxygens (including phenoxy) is 1. The molecule has 76 valence electrons. The normalized spacial score (nSPS) is 40.0. The van der Waals surface area contributed by atoms with Crippen molar-refractivity contribution in [1.29, 1.82) is 0 Å². The van der Waals surface area contributed by atoms with Crippen LogP contribution >= 0.6 is 0 Å². The minimum Gasteiger partial charge on any atom is -0.462 e. The van der Waals surface area contributed by atoms with Gasteiger partial charge in [-0.1, -0.05) is 20.8 Å². The summed E-state index contributed by atoms with van der Waals surface area (Å²) in [5, 5.41) is 0. The van der Waals surface area contributed by atoms with Crippen LogP contribution in [0.1, 0.15) is 40.5 Å². The lowest BCUT2D eigenvalue weighted by Gasteiger charge is -2.37. The highest BCUT2D eigenvalue weighted by Gasteiger charge is 2.33. The van der Waals surface area contributed by atoms with Crippen LogP contribution in [-0.2, 0) is 9.53 Å². The molecule has 0 heterocycles. The van der Waals surface area contributed by atoms with Crippen molar-refractivity contribution in [2.75, 3.05) is 0 Å². The Labute approximate surface area is 80.7 Å². The van der Waals surface area contributed by atoms with E-state index in [-0.39, 0.29) is 12.1 Å². The van der Waals surface area contributed by atoms with Crippen LogP contribution in [0.25, 0.3) is 0 Å². The zero-order valence-corrected chi connectivity index (χ0v) is 9.04. The molecule has 0 aromatic heterocycles. The lowest BCUT2D eigenvalue weighted by Crippen LogP contribution is -2.36. The van der Waals surface area contributed by atoms with E-state index >= 15 is 0 Å². The zero-order valence-electron chi connectivity index (χ0n) is 9.04. The maximum absolute atomic E-state index is 10.8. The fraction of sp³-hybridized carbons (Fsp3) is 0.909. The Hall–Kier alpha value is -0.530. The molecular weight excluding hydrogens is 164 g/mol. The van der Waals surface area contributed by atoms with Crippen molar-refractivity contribution in [3.05, 3.63) is 0 Å². The van der Waals surface area contributed by atoms with E-state index in [2.05, 4.69) is 20.8 Å². The summed E-state index contributed by atoms with van der Waals surface area (Å²) in [6, 6.07) is 0. The SMILES string of the molecule is CC(=O)OC1CCC(C)C(C)C1C. The van der Waals surface area contributed by atoms with Crippen molar-refractivity contribution in [3.8, 4) is 0 Å². The molecule has 1 fully saturated rings. The standard InChI is InChI=1S/C11H20O2/c1-7-5-6-11(13-10(4)12)9(3)8(7)2/h7-9,11H,5-6H2,1-4H3. The van der Waals surface area contributed by atoms with Gasteiger partial charge in [0.15, 0.2) is 0 Å². The number of esters is 1. The first-order valence-corrected chi connectivity index (χ1v) is 5.19. The molecule has 0 aliphatic heterocycles. The third kappa shape index (κ3) is 2.45. The van der Waals surface area contributed by atoms with Crippen molar-refractivity contribution < 1.29 is 9.53 Å². The Morgan fingerprint density at radius 2 is 1.77 bits per heavy atom. The molecule has 0 saturated heterocycles. The summed E-state index contributed by atoms with van der Waals surface area (Å²) in [6.45, 7) is 8.22. The van der Waals surface area contributed by atoms with Gasteiger partial charge in [0.1, 0.15) is 6.10 Å². The zero-order chi connectivity index (χ0) is 10.0. The molecule has 4 atom stereocenters. The van der Waals surface area contributed by atoms with Crippen LogP contribution in [0.5, 0.6) is 0 Å². The monoisotopic (exact) mass is 184 g/mol. The van der Waals surface area contributed by atoms with E-state index in [1.54, 1.807) is 0 Å². The molecule has 1 aliphatic rings. The van der Waals surface area contributed by atoms with Crippen molar-refractivity contribution in [3.63, 3.8) is 0 Å². The Morgan fingerprint density at radius 3 is 2.31 bits per heavy atom. The minimum absolute atomic E-state index is 0.140. The number of rotatable bonds is 1. The second-order valence-corrected chi connectivity index (χ2v) is 4.42. The van der Waals surface area contributed by atoms with Gasteiger partial charge in [0.05, 0.1) is 0 Å². The van der Waals surface area contributed by atoms with E-state index in [0.717, 1.165) is 12.3 Å². The number of carbonyl (C=O) groups is 1. The number of hydrogen-bond donors (Lipinski definition) is 0. The molecular formula is C11H20O2. The Kier molecular flexibility index (Phi) is 3.34. The number of hydrogen-bond acceptors (Lipinski definition) is 2. The van der Waals surface area contributed by atoms with Crippen LogP contribution in [0, 0.1) is 17.8 Å². The molecule has 0 bridgehead atoms. The van der Waals surface area contributed by atoms with Crippen molar-refractivity contribution >= 4 is 5.97 Å². The molecule has 2 nitrogen and oxygen atoms in total. The predicted octanol–water partition coefficient (Wildman–Crippen LogP) is 2.62. The average molecular weight is 184 g/mol. The minimum atomic E-state index is -0.140. The van der Waals surface area contributed by atoms with Crippen LogP contribution in [0.3, 0.4) is 0 Å². The third-order valence-corrected chi connectivity index (χ3v) is 3.54. The highest BCUT2D eigenvalue weighted by atomic mass is 16.5. The molecule has 0 spiro atoms. The van der Waals surface area contributed by atoms with Crippen LogP contribution in [0.4, 0.5) is 0 Å². The molecule has 0 aromatic carbocycles. The number of carbonyl (C=O) groups excluding carboxylic acids is 1. The van der Waals surface area contributed by atoms with Gasteiger partial charge in [0.25, 0.3) is 0 Å². The van der Waals surface area contributed by atoms with Crippen molar-refractivity contribution in [2.45, 2.75) is 46.6 Å². The largest absolute Gasteiger partial charge is 0.462 e. The van der Waals surface area contributed by atoms with Gasteiger partial charge in [-0.05, 0) is 30.6 Å². The van der Waals surface area contributed by atoms with Crippen molar-refractivity contribution in [1.82, 2.24) is 0 Å². The van der Waals surface area contributed by atoms with E-state index in [9.17, 15) is 4.79 Å². The van der Waals surface area contributed by atoms with E-state index in [1.807, 2.05) is 0 Å². The van der Waals surface area contributed by atoms with Gasteiger partial charge >= 0.3 is 5.97 Å². The fourth-order valence-electron chi connectivity index (χ4n) is 2.19. The highest BCUT2D eigenvalue weighted by molar-refractivity contribution is 5.66. The fourth-order valence-corrected chi connectivity index (χ4v) is 2.19.